The lowest BCUT2D eigenvalue weighted by molar-refractivity contribution is -0.139. The molecule has 0 spiro atoms. The molecule has 0 saturated heterocycles. The van der Waals surface area contributed by atoms with Gasteiger partial charge in [-0.25, -0.2) is 14.8 Å². The molecule has 1 atom stereocenters. The molecule has 0 aliphatic heterocycles. The summed E-state index contributed by atoms with van der Waals surface area (Å²) < 4.78 is 7.10. The van der Waals surface area contributed by atoms with Crippen LogP contribution < -0.4 is 11.2 Å². The summed E-state index contributed by atoms with van der Waals surface area (Å²) in [6.07, 6.45) is 0. The number of fused-ring (bicyclic) bond motifs is 1. The number of ether oxygens (including phenoxy) is 1. The third kappa shape index (κ3) is 3.45. The van der Waals surface area contributed by atoms with Gasteiger partial charge in [0.1, 0.15) is 15.7 Å². The van der Waals surface area contributed by atoms with Crippen molar-refractivity contribution in [1.29, 1.82) is 0 Å². The van der Waals surface area contributed by atoms with Gasteiger partial charge >= 0.3 is 11.7 Å². The third-order valence-electron chi connectivity index (χ3n) is 4.36. The zero-order valence-electron chi connectivity index (χ0n) is 16.2. The van der Waals surface area contributed by atoms with Crippen LogP contribution in [0.25, 0.3) is 22.4 Å². The zero-order valence-corrected chi connectivity index (χ0v) is 17.0. The first-order valence-corrected chi connectivity index (χ1v) is 9.41. The number of hydrogen-bond donors (Lipinski definition) is 0. The van der Waals surface area contributed by atoms with E-state index >= 15 is 0 Å². The Balaban J connectivity index is 2.35. The Morgan fingerprint density at radius 3 is 2.54 bits per heavy atom. The molecule has 3 aromatic rings. The largest absolute Gasteiger partial charge is 0.468 e. The second-order valence-electron chi connectivity index (χ2n) is 6.41. The molecule has 0 radical (unpaired) electrons. The molecule has 0 unspecified atom stereocenters. The predicted octanol–water partition coefficient (Wildman–Crippen LogP) is 1.66. The highest BCUT2D eigenvalue weighted by Gasteiger charge is 2.22. The van der Waals surface area contributed by atoms with Gasteiger partial charge in [0.05, 0.1) is 7.11 Å². The molecule has 0 aliphatic rings. The number of carbonyl (C=O) groups excluding carboxylic acids is 1. The fraction of sp³-hybridized carbons (Fsp3) is 0.316. The highest BCUT2D eigenvalue weighted by atomic mass is 32.2. The lowest BCUT2D eigenvalue weighted by Gasteiger charge is -2.14. The molecule has 0 aliphatic carbocycles. The van der Waals surface area contributed by atoms with Crippen molar-refractivity contribution in [2.75, 3.05) is 7.11 Å². The van der Waals surface area contributed by atoms with Crippen molar-refractivity contribution in [3.8, 4) is 11.4 Å². The summed E-state index contributed by atoms with van der Waals surface area (Å²) in [5, 5.41) is -0.0623. The van der Waals surface area contributed by atoms with Crippen molar-refractivity contribution in [3.05, 3.63) is 50.7 Å². The van der Waals surface area contributed by atoms with E-state index in [1.807, 2.05) is 31.2 Å². The minimum Gasteiger partial charge on any atom is -0.468 e. The number of aryl methyl sites for hydroxylation is 2. The van der Waals surface area contributed by atoms with Crippen molar-refractivity contribution >= 4 is 28.8 Å². The van der Waals surface area contributed by atoms with E-state index in [9.17, 15) is 14.4 Å². The highest BCUT2D eigenvalue weighted by molar-refractivity contribution is 8.00. The van der Waals surface area contributed by atoms with Crippen LogP contribution in [0, 0.1) is 6.92 Å². The molecule has 9 heteroatoms. The second kappa shape index (κ2) is 7.59. The van der Waals surface area contributed by atoms with Crippen molar-refractivity contribution in [2.45, 2.75) is 24.1 Å². The van der Waals surface area contributed by atoms with Crippen LogP contribution in [-0.4, -0.2) is 37.4 Å². The normalized spacial score (nSPS) is 12.2. The first-order valence-electron chi connectivity index (χ1n) is 8.54. The van der Waals surface area contributed by atoms with Gasteiger partial charge in [-0.2, -0.15) is 0 Å². The van der Waals surface area contributed by atoms with Gasteiger partial charge in [-0.1, -0.05) is 35.5 Å². The number of thioether (sulfide) groups is 1. The van der Waals surface area contributed by atoms with E-state index in [0.29, 0.717) is 10.9 Å². The summed E-state index contributed by atoms with van der Waals surface area (Å²) in [4.78, 5) is 46.1. The van der Waals surface area contributed by atoms with E-state index < -0.39 is 22.5 Å². The summed E-state index contributed by atoms with van der Waals surface area (Å²) >= 11 is 1.10. The van der Waals surface area contributed by atoms with Crippen molar-refractivity contribution in [1.82, 2.24) is 19.1 Å². The molecular formula is C19H20N4O4S. The molecule has 146 valence electrons. The van der Waals surface area contributed by atoms with Crippen LogP contribution in [0.2, 0.25) is 0 Å². The number of esters is 1. The fourth-order valence-electron chi connectivity index (χ4n) is 2.81. The molecule has 8 nitrogen and oxygen atoms in total. The van der Waals surface area contributed by atoms with Crippen LogP contribution in [0.4, 0.5) is 0 Å². The quantitative estimate of drug-likeness (QED) is 0.373. The molecule has 0 fully saturated rings. The Hall–Kier alpha value is -2.94. The van der Waals surface area contributed by atoms with Gasteiger partial charge in [-0.15, -0.1) is 0 Å². The summed E-state index contributed by atoms with van der Waals surface area (Å²) in [5.41, 5.74) is 1.01. The fourth-order valence-corrected chi connectivity index (χ4v) is 3.77. The van der Waals surface area contributed by atoms with E-state index in [1.54, 1.807) is 14.0 Å². The summed E-state index contributed by atoms with van der Waals surface area (Å²) in [6, 6.07) is 7.60. The van der Waals surface area contributed by atoms with Gasteiger partial charge in [0.2, 0.25) is 0 Å². The predicted molar refractivity (Wildman–Crippen MR) is 108 cm³/mol. The van der Waals surface area contributed by atoms with Crippen molar-refractivity contribution in [2.24, 2.45) is 14.1 Å². The Morgan fingerprint density at radius 1 is 1.18 bits per heavy atom. The minimum absolute atomic E-state index is 0.196. The standard InChI is InChI=1S/C19H20N4O4S/c1-10-7-6-8-12(9-10)14-20-15-13(17(24)23(4)19(26)22(15)3)16(21-14)28-11(2)18(25)27-5/h6-9,11H,1-5H3/t11-/m1/s1. The number of nitrogens with zero attached hydrogens (tertiary/aromatic N) is 4. The van der Waals surface area contributed by atoms with E-state index in [4.69, 9.17) is 4.74 Å². The number of hydrogen-bond acceptors (Lipinski definition) is 7. The molecule has 1 aromatic carbocycles. The van der Waals surface area contributed by atoms with Gasteiger partial charge in [0.15, 0.2) is 11.5 Å². The molecule has 28 heavy (non-hydrogen) atoms. The van der Waals surface area contributed by atoms with Gasteiger partial charge in [0.25, 0.3) is 5.56 Å². The Kier molecular flexibility index (Phi) is 5.37. The Labute approximate surface area is 165 Å². The van der Waals surface area contributed by atoms with Crippen LogP contribution in [0.5, 0.6) is 0 Å². The first kappa shape index (κ1) is 19.8. The van der Waals surface area contributed by atoms with E-state index in [0.717, 1.165) is 27.5 Å². The number of carbonyl (C=O) groups is 1. The first-order chi connectivity index (χ1) is 13.2. The maximum Gasteiger partial charge on any atom is 0.332 e. The summed E-state index contributed by atoms with van der Waals surface area (Å²) in [6.45, 7) is 3.62. The van der Waals surface area contributed by atoms with E-state index in [1.165, 1.54) is 18.7 Å². The maximum atomic E-state index is 12.8. The van der Waals surface area contributed by atoms with Crippen molar-refractivity contribution in [3.63, 3.8) is 0 Å². The maximum absolute atomic E-state index is 12.8. The monoisotopic (exact) mass is 400 g/mol. The van der Waals surface area contributed by atoms with Crippen LogP contribution >= 0.6 is 11.8 Å². The van der Waals surface area contributed by atoms with E-state index in [2.05, 4.69) is 9.97 Å². The average molecular weight is 400 g/mol. The smallest absolute Gasteiger partial charge is 0.332 e. The molecule has 0 N–H and O–H groups in total. The SMILES string of the molecule is COC(=O)[C@@H](C)Sc1nc(-c2cccc(C)c2)nc2c1c(=O)n(C)c(=O)n2C. The lowest BCUT2D eigenvalue weighted by atomic mass is 10.1. The van der Waals surface area contributed by atoms with Crippen LogP contribution in [0.15, 0.2) is 38.9 Å². The van der Waals surface area contributed by atoms with E-state index in [-0.39, 0.29) is 11.0 Å². The molecule has 0 bridgehead atoms. The lowest BCUT2D eigenvalue weighted by Crippen LogP contribution is -2.37. The third-order valence-corrected chi connectivity index (χ3v) is 5.43. The molecule has 2 heterocycles. The minimum atomic E-state index is -0.588. The molecule has 3 rings (SSSR count). The number of methoxy groups -OCH3 is 1. The molecular weight excluding hydrogens is 380 g/mol. The number of benzene rings is 1. The van der Waals surface area contributed by atoms with Gasteiger partial charge in [0, 0.05) is 19.7 Å². The van der Waals surface area contributed by atoms with Gasteiger partial charge in [-0.05, 0) is 19.9 Å². The molecule has 2 aromatic heterocycles. The molecule has 0 amide bonds. The molecule has 0 saturated carbocycles. The Morgan fingerprint density at radius 2 is 1.89 bits per heavy atom. The number of rotatable bonds is 4. The highest BCUT2D eigenvalue weighted by Crippen LogP contribution is 2.29. The summed E-state index contributed by atoms with van der Waals surface area (Å²) in [5.74, 6) is -0.0606. The topological polar surface area (TPSA) is 96.1 Å². The number of aromatic nitrogens is 4. The summed E-state index contributed by atoms with van der Waals surface area (Å²) in [7, 11) is 4.25. The van der Waals surface area contributed by atoms with Crippen LogP contribution in [0.1, 0.15) is 12.5 Å². The zero-order chi connectivity index (χ0) is 20.6. The van der Waals surface area contributed by atoms with Crippen LogP contribution in [0.3, 0.4) is 0 Å². The van der Waals surface area contributed by atoms with Gasteiger partial charge < -0.3 is 4.74 Å². The average Bonchev–Trinajstić information content (AvgIpc) is 2.69. The van der Waals surface area contributed by atoms with Crippen LogP contribution in [-0.2, 0) is 23.6 Å². The Bertz CT molecular complexity index is 1200. The second-order valence-corrected chi connectivity index (χ2v) is 7.74. The van der Waals surface area contributed by atoms with Crippen molar-refractivity contribution < 1.29 is 9.53 Å². The van der Waals surface area contributed by atoms with Gasteiger partial charge in [-0.3, -0.25) is 18.7 Å².